The number of carbonyl (C=O) groups excluding carboxylic acids is 1. The van der Waals surface area contributed by atoms with E-state index in [1.54, 1.807) is 7.05 Å². The van der Waals surface area contributed by atoms with Crippen LogP contribution in [0, 0.1) is 0 Å². The molecule has 0 atom stereocenters. The van der Waals surface area contributed by atoms with Crippen molar-refractivity contribution in [1.82, 2.24) is 9.88 Å². The van der Waals surface area contributed by atoms with Crippen LogP contribution >= 0.6 is 0 Å². The molecule has 6 heteroatoms. The van der Waals surface area contributed by atoms with Gasteiger partial charge in [-0.1, -0.05) is 6.07 Å². The molecule has 0 unspecified atom stereocenters. The Hall–Kier alpha value is -3.02. The first kappa shape index (κ1) is 16.8. The Morgan fingerprint density at radius 2 is 1.88 bits per heavy atom. The number of nitrogens with zero attached hydrogens (tertiary/aromatic N) is 2. The lowest BCUT2D eigenvalue weighted by molar-refractivity contribution is 0.0954. The molecular formula is C19H21N3O3. The smallest absolute Gasteiger partial charge is 0.408 e. The molecule has 1 aromatic heterocycles. The number of anilines is 1. The largest absolute Gasteiger partial charge is 0.419 e. The number of hydrogen-bond acceptors (Lipinski definition) is 4. The predicted molar refractivity (Wildman–Crippen MR) is 98.3 cm³/mol. The van der Waals surface area contributed by atoms with Gasteiger partial charge < -0.3 is 14.6 Å². The molecule has 1 N–H and O–H groups in total. The van der Waals surface area contributed by atoms with Crippen molar-refractivity contribution in [2.45, 2.75) is 6.42 Å². The maximum absolute atomic E-state index is 12.2. The van der Waals surface area contributed by atoms with Crippen molar-refractivity contribution in [2.24, 2.45) is 7.05 Å². The van der Waals surface area contributed by atoms with Crippen LogP contribution in [-0.2, 0) is 13.5 Å². The summed E-state index contributed by atoms with van der Waals surface area (Å²) in [5, 5.41) is 2.91. The topological polar surface area (TPSA) is 67.5 Å². The van der Waals surface area contributed by atoms with Crippen LogP contribution in [0.4, 0.5) is 5.69 Å². The average molecular weight is 339 g/mol. The van der Waals surface area contributed by atoms with Crippen molar-refractivity contribution in [1.29, 1.82) is 0 Å². The molecule has 3 aromatic rings. The molecule has 0 fully saturated rings. The maximum atomic E-state index is 12.2. The van der Waals surface area contributed by atoms with Gasteiger partial charge in [-0.3, -0.25) is 9.36 Å². The Morgan fingerprint density at radius 1 is 1.16 bits per heavy atom. The zero-order valence-corrected chi connectivity index (χ0v) is 14.6. The standard InChI is InChI=1S/C19H21N3O3/c1-21(2)15-7-5-14(6-8-15)18(23)20-11-10-13-4-9-16-17(12-13)25-19(24)22(16)3/h4-9,12H,10-11H2,1-3H3,(H,20,23). The van der Waals surface area contributed by atoms with Gasteiger partial charge in [0.05, 0.1) is 5.52 Å². The van der Waals surface area contributed by atoms with Gasteiger partial charge in [0.15, 0.2) is 5.58 Å². The fraction of sp³-hybridized carbons (Fsp3) is 0.263. The number of amides is 1. The third-order valence-electron chi connectivity index (χ3n) is 4.20. The maximum Gasteiger partial charge on any atom is 0.419 e. The molecule has 0 aliphatic rings. The monoisotopic (exact) mass is 339 g/mol. The fourth-order valence-electron chi connectivity index (χ4n) is 2.67. The van der Waals surface area contributed by atoms with E-state index < -0.39 is 0 Å². The number of oxazole rings is 1. The number of benzene rings is 2. The molecule has 3 rings (SSSR count). The number of rotatable bonds is 5. The van der Waals surface area contributed by atoms with Crippen molar-refractivity contribution in [3.05, 3.63) is 64.1 Å². The van der Waals surface area contributed by atoms with E-state index in [1.165, 1.54) is 4.57 Å². The van der Waals surface area contributed by atoms with Gasteiger partial charge >= 0.3 is 5.76 Å². The third kappa shape index (κ3) is 3.57. The SMILES string of the molecule is CN(C)c1ccc(C(=O)NCCc2ccc3c(c2)oc(=O)n3C)cc1. The normalized spacial score (nSPS) is 10.8. The predicted octanol–water partition coefficient (Wildman–Crippen LogP) is 2.17. The van der Waals surface area contributed by atoms with E-state index in [9.17, 15) is 9.59 Å². The van der Waals surface area contributed by atoms with E-state index in [2.05, 4.69) is 5.32 Å². The lowest BCUT2D eigenvalue weighted by atomic mass is 10.1. The number of aryl methyl sites for hydroxylation is 1. The highest BCUT2D eigenvalue weighted by molar-refractivity contribution is 5.94. The van der Waals surface area contributed by atoms with Crippen LogP contribution in [0.25, 0.3) is 11.1 Å². The highest BCUT2D eigenvalue weighted by Gasteiger charge is 2.08. The minimum Gasteiger partial charge on any atom is -0.408 e. The quantitative estimate of drug-likeness (QED) is 0.774. The van der Waals surface area contributed by atoms with E-state index in [0.29, 0.717) is 24.1 Å². The van der Waals surface area contributed by atoms with E-state index in [1.807, 2.05) is 61.5 Å². The van der Waals surface area contributed by atoms with Crippen LogP contribution in [0.1, 0.15) is 15.9 Å². The van der Waals surface area contributed by atoms with Crippen LogP contribution in [0.2, 0.25) is 0 Å². The van der Waals surface area contributed by atoms with Gasteiger partial charge in [0.1, 0.15) is 0 Å². The molecule has 2 aromatic carbocycles. The number of carbonyl (C=O) groups is 1. The fourth-order valence-corrected chi connectivity index (χ4v) is 2.67. The second-order valence-corrected chi connectivity index (χ2v) is 6.18. The molecule has 0 radical (unpaired) electrons. The summed E-state index contributed by atoms with van der Waals surface area (Å²) in [7, 11) is 5.59. The first-order valence-corrected chi connectivity index (χ1v) is 8.10. The molecular weight excluding hydrogens is 318 g/mol. The molecule has 25 heavy (non-hydrogen) atoms. The first-order chi connectivity index (χ1) is 12.0. The molecule has 1 amide bonds. The highest BCUT2D eigenvalue weighted by Crippen LogP contribution is 2.15. The van der Waals surface area contributed by atoms with Gasteiger partial charge in [-0.15, -0.1) is 0 Å². The van der Waals surface area contributed by atoms with Crippen molar-refractivity contribution < 1.29 is 9.21 Å². The zero-order chi connectivity index (χ0) is 18.0. The van der Waals surface area contributed by atoms with Gasteiger partial charge in [0.2, 0.25) is 0 Å². The molecule has 1 heterocycles. The van der Waals surface area contributed by atoms with Crippen LogP contribution in [-0.4, -0.2) is 31.1 Å². The summed E-state index contributed by atoms with van der Waals surface area (Å²) in [4.78, 5) is 25.7. The molecule has 130 valence electrons. The number of fused-ring (bicyclic) bond motifs is 1. The molecule has 0 bridgehead atoms. The van der Waals surface area contributed by atoms with Crippen molar-refractivity contribution in [2.75, 3.05) is 25.5 Å². The van der Waals surface area contributed by atoms with Crippen LogP contribution < -0.4 is 16.0 Å². The van der Waals surface area contributed by atoms with E-state index in [-0.39, 0.29) is 11.7 Å². The van der Waals surface area contributed by atoms with Crippen LogP contribution in [0.15, 0.2) is 51.7 Å². The second kappa shape index (κ2) is 6.84. The van der Waals surface area contributed by atoms with E-state index >= 15 is 0 Å². The summed E-state index contributed by atoms with van der Waals surface area (Å²) in [5.74, 6) is -0.473. The first-order valence-electron chi connectivity index (χ1n) is 8.10. The summed E-state index contributed by atoms with van der Waals surface area (Å²) in [6.07, 6.45) is 0.663. The summed E-state index contributed by atoms with van der Waals surface area (Å²) >= 11 is 0. The number of hydrogen-bond donors (Lipinski definition) is 1. The Balaban J connectivity index is 1.60. The molecule has 0 aliphatic carbocycles. The second-order valence-electron chi connectivity index (χ2n) is 6.18. The lowest BCUT2D eigenvalue weighted by Gasteiger charge is -2.12. The average Bonchev–Trinajstić information content (AvgIpc) is 2.88. The van der Waals surface area contributed by atoms with Crippen molar-refractivity contribution in [3.63, 3.8) is 0 Å². The Labute approximate surface area is 145 Å². The minimum absolute atomic E-state index is 0.0994. The van der Waals surface area contributed by atoms with Crippen LogP contribution in [0.5, 0.6) is 0 Å². The van der Waals surface area contributed by atoms with Gasteiger partial charge in [-0.05, 0) is 48.4 Å². The van der Waals surface area contributed by atoms with Gasteiger partial charge in [-0.2, -0.15) is 0 Å². The summed E-state index contributed by atoms with van der Waals surface area (Å²) in [6.45, 7) is 0.511. The highest BCUT2D eigenvalue weighted by atomic mass is 16.4. The molecule has 6 nitrogen and oxygen atoms in total. The Bertz CT molecular complexity index is 952. The zero-order valence-electron chi connectivity index (χ0n) is 14.6. The van der Waals surface area contributed by atoms with Gasteiger partial charge in [0.25, 0.3) is 5.91 Å². The lowest BCUT2D eigenvalue weighted by Crippen LogP contribution is -2.25. The summed E-state index contributed by atoms with van der Waals surface area (Å²) < 4.78 is 6.65. The Kier molecular flexibility index (Phi) is 4.61. The molecule has 0 saturated carbocycles. The number of nitrogens with one attached hydrogen (secondary N) is 1. The van der Waals surface area contributed by atoms with E-state index in [0.717, 1.165) is 16.8 Å². The Morgan fingerprint density at radius 3 is 2.56 bits per heavy atom. The summed E-state index contributed by atoms with van der Waals surface area (Å²) in [5.41, 5.74) is 4.02. The van der Waals surface area contributed by atoms with Crippen LogP contribution in [0.3, 0.4) is 0 Å². The molecule has 0 aliphatic heterocycles. The molecule has 0 saturated heterocycles. The molecule has 0 spiro atoms. The summed E-state index contributed by atoms with van der Waals surface area (Å²) in [6, 6.07) is 13.1. The number of aromatic nitrogens is 1. The minimum atomic E-state index is -0.373. The van der Waals surface area contributed by atoms with Gasteiger partial charge in [0, 0.05) is 38.9 Å². The van der Waals surface area contributed by atoms with Gasteiger partial charge in [-0.25, -0.2) is 4.79 Å². The van der Waals surface area contributed by atoms with E-state index in [4.69, 9.17) is 4.42 Å². The van der Waals surface area contributed by atoms with Crippen molar-refractivity contribution >= 4 is 22.7 Å². The third-order valence-corrected chi connectivity index (χ3v) is 4.20. The van der Waals surface area contributed by atoms with Crippen molar-refractivity contribution in [3.8, 4) is 0 Å².